The maximum atomic E-state index is 11.7. The lowest BCUT2D eigenvalue weighted by molar-refractivity contribution is -0.130. The summed E-state index contributed by atoms with van der Waals surface area (Å²) in [5.41, 5.74) is -0.209. The van der Waals surface area contributed by atoms with Gasteiger partial charge in [0.15, 0.2) is 11.5 Å². The number of esters is 1. The van der Waals surface area contributed by atoms with E-state index < -0.39 is 17.8 Å². The normalized spacial score (nSPS) is 10.2. The Bertz CT molecular complexity index is 848. The average molecular weight is 332 g/mol. The lowest BCUT2D eigenvalue weighted by Crippen LogP contribution is -2.14. The van der Waals surface area contributed by atoms with Crippen LogP contribution in [0, 0.1) is 0 Å². The van der Waals surface area contributed by atoms with Gasteiger partial charge in [0.1, 0.15) is 5.58 Å². The van der Waals surface area contributed by atoms with Crippen molar-refractivity contribution in [2.24, 2.45) is 0 Å². The summed E-state index contributed by atoms with van der Waals surface area (Å²) in [5.74, 6) is -0.802. The number of hydrogen-bond acceptors (Lipinski definition) is 7. The molecule has 0 spiro atoms. The molecule has 2 aromatic rings. The molecule has 1 heterocycles. The third kappa shape index (κ3) is 4.22. The van der Waals surface area contributed by atoms with Gasteiger partial charge in [0, 0.05) is 23.1 Å². The molecule has 126 valence electrons. The zero-order valence-electron chi connectivity index (χ0n) is 13.3. The van der Waals surface area contributed by atoms with E-state index in [2.05, 4.69) is 6.58 Å². The Balaban J connectivity index is 2.42. The molecule has 2 rings (SSSR count). The Morgan fingerprint density at radius 2 is 1.88 bits per heavy atom. The van der Waals surface area contributed by atoms with Gasteiger partial charge < -0.3 is 18.6 Å². The first-order chi connectivity index (χ1) is 11.4. The van der Waals surface area contributed by atoms with Crippen molar-refractivity contribution in [3.8, 4) is 11.5 Å². The SMILES string of the molecule is C=C(C)C(=O)Oc1cc2ccc(=O)oc2cc1OC(=O)OCCC. The maximum Gasteiger partial charge on any atom is 0.513 e. The Hall–Kier alpha value is -3.09. The van der Waals surface area contributed by atoms with Crippen molar-refractivity contribution >= 4 is 23.1 Å². The summed E-state index contributed by atoms with van der Waals surface area (Å²) in [5, 5.41) is 0.494. The average Bonchev–Trinajstić information content (AvgIpc) is 2.53. The first-order valence-corrected chi connectivity index (χ1v) is 7.21. The largest absolute Gasteiger partial charge is 0.513 e. The van der Waals surface area contributed by atoms with Gasteiger partial charge in [0.05, 0.1) is 6.61 Å². The van der Waals surface area contributed by atoms with Gasteiger partial charge in [0.2, 0.25) is 0 Å². The molecule has 0 saturated heterocycles. The zero-order chi connectivity index (χ0) is 17.7. The summed E-state index contributed by atoms with van der Waals surface area (Å²) >= 11 is 0. The molecule has 0 fully saturated rings. The molecule has 7 nitrogen and oxygen atoms in total. The quantitative estimate of drug-likeness (QED) is 0.273. The van der Waals surface area contributed by atoms with Crippen LogP contribution in [0.2, 0.25) is 0 Å². The highest BCUT2D eigenvalue weighted by atomic mass is 16.7. The smallest absolute Gasteiger partial charge is 0.434 e. The number of carbonyl (C=O) groups excluding carboxylic acids is 2. The van der Waals surface area contributed by atoms with Gasteiger partial charge in [-0.25, -0.2) is 14.4 Å². The van der Waals surface area contributed by atoms with Crippen LogP contribution in [0.4, 0.5) is 4.79 Å². The van der Waals surface area contributed by atoms with Crippen LogP contribution in [0.3, 0.4) is 0 Å². The third-order valence-corrected chi connectivity index (χ3v) is 2.85. The second-order valence-electron chi connectivity index (χ2n) is 4.96. The van der Waals surface area contributed by atoms with Crippen molar-refractivity contribution in [1.82, 2.24) is 0 Å². The van der Waals surface area contributed by atoms with E-state index in [0.717, 1.165) is 0 Å². The monoisotopic (exact) mass is 332 g/mol. The maximum absolute atomic E-state index is 11.7. The fourth-order valence-corrected chi connectivity index (χ4v) is 1.73. The van der Waals surface area contributed by atoms with E-state index in [0.29, 0.717) is 11.8 Å². The van der Waals surface area contributed by atoms with E-state index in [4.69, 9.17) is 18.6 Å². The van der Waals surface area contributed by atoms with Crippen molar-refractivity contribution in [2.75, 3.05) is 6.61 Å². The number of hydrogen-bond donors (Lipinski definition) is 0. The fraction of sp³-hybridized carbons (Fsp3) is 0.235. The fourth-order valence-electron chi connectivity index (χ4n) is 1.73. The summed E-state index contributed by atoms with van der Waals surface area (Å²) in [4.78, 5) is 34.7. The lowest BCUT2D eigenvalue weighted by atomic mass is 10.2. The number of carbonyl (C=O) groups is 2. The summed E-state index contributed by atoms with van der Waals surface area (Å²) < 4.78 is 20.1. The van der Waals surface area contributed by atoms with Gasteiger partial charge in [-0.2, -0.15) is 0 Å². The second-order valence-corrected chi connectivity index (χ2v) is 4.96. The van der Waals surface area contributed by atoms with Crippen LogP contribution < -0.4 is 15.1 Å². The first kappa shape index (κ1) is 17.3. The van der Waals surface area contributed by atoms with E-state index in [1.807, 2.05) is 6.92 Å². The van der Waals surface area contributed by atoms with E-state index in [-0.39, 0.29) is 29.3 Å². The lowest BCUT2D eigenvalue weighted by Gasteiger charge is -2.11. The summed E-state index contributed by atoms with van der Waals surface area (Å²) in [6.07, 6.45) is -0.332. The summed E-state index contributed by atoms with van der Waals surface area (Å²) in [6.45, 7) is 6.99. The highest BCUT2D eigenvalue weighted by molar-refractivity contribution is 5.90. The number of fused-ring (bicyclic) bond motifs is 1. The molecule has 0 bridgehead atoms. The van der Waals surface area contributed by atoms with Gasteiger partial charge in [-0.3, -0.25) is 0 Å². The molecule has 0 amide bonds. The molecule has 0 radical (unpaired) electrons. The van der Waals surface area contributed by atoms with Crippen molar-refractivity contribution in [2.45, 2.75) is 20.3 Å². The van der Waals surface area contributed by atoms with Crippen LogP contribution >= 0.6 is 0 Å². The number of rotatable bonds is 5. The topological polar surface area (TPSA) is 92.0 Å². The predicted octanol–water partition coefficient (Wildman–Crippen LogP) is 3.20. The molecule has 0 aliphatic rings. The third-order valence-electron chi connectivity index (χ3n) is 2.85. The van der Waals surface area contributed by atoms with E-state index >= 15 is 0 Å². The van der Waals surface area contributed by atoms with Gasteiger partial charge >= 0.3 is 17.8 Å². The van der Waals surface area contributed by atoms with E-state index in [1.54, 1.807) is 0 Å². The van der Waals surface area contributed by atoms with Gasteiger partial charge in [-0.15, -0.1) is 0 Å². The Labute approximate surface area is 137 Å². The highest BCUT2D eigenvalue weighted by Crippen LogP contribution is 2.33. The van der Waals surface area contributed by atoms with Gasteiger partial charge in [-0.05, 0) is 25.5 Å². The van der Waals surface area contributed by atoms with Crippen molar-refractivity contribution in [3.63, 3.8) is 0 Å². The van der Waals surface area contributed by atoms with Crippen LogP contribution in [0.5, 0.6) is 11.5 Å². The van der Waals surface area contributed by atoms with Crippen molar-refractivity contribution < 1.29 is 28.2 Å². The molecular weight excluding hydrogens is 316 g/mol. The molecule has 1 aromatic carbocycles. The number of benzene rings is 1. The van der Waals surface area contributed by atoms with Crippen LogP contribution in [-0.2, 0) is 9.53 Å². The summed E-state index contributed by atoms with van der Waals surface area (Å²) in [6, 6.07) is 5.42. The molecular formula is C17H16O7. The van der Waals surface area contributed by atoms with Crippen LogP contribution in [-0.4, -0.2) is 18.7 Å². The van der Waals surface area contributed by atoms with Gasteiger partial charge in [-0.1, -0.05) is 13.5 Å². The highest BCUT2D eigenvalue weighted by Gasteiger charge is 2.17. The Kier molecular flexibility index (Phi) is 5.36. The minimum absolute atomic E-state index is 0.0159. The standard InChI is InChI=1S/C17H16O7/c1-4-7-21-17(20)24-14-9-12-11(5-6-15(18)22-12)8-13(14)23-16(19)10(2)3/h5-6,8-9H,2,4,7H2,1,3H3. The minimum Gasteiger partial charge on any atom is -0.434 e. The zero-order valence-corrected chi connectivity index (χ0v) is 13.3. The second kappa shape index (κ2) is 7.45. The molecule has 0 saturated carbocycles. The Morgan fingerprint density at radius 1 is 1.17 bits per heavy atom. The van der Waals surface area contributed by atoms with Gasteiger partial charge in [0.25, 0.3) is 0 Å². The molecule has 1 aromatic heterocycles. The van der Waals surface area contributed by atoms with Crippen LogP contribution in [0.1, 0.15) is 20.3 Å². The molecule has 0 N–H and O–H groups in total. The molecule has 24 heavy (non-hydrogen) atoms. The Morgan fingerprint density at radius 3 is 2.54 bits per heavy atom. The molecule has 7 heteroatoms. The van der Waals surface area contributed by atoms with E-state index in [1.165, 1.54) is 31.2 Å². The summed E-state index contributed by atoms with van der Waals surface area (Å²) in [7, 11) is 0. The first-order valence-electron chi connectivity index (χ1n) is 7.21. The molecule has 0 atom stereocenters. The molecule has 0 aliphatic carbocycles. The van der Waals surface area contributed by atoms with Crippen LogP contribution in [0.15, 0.2) is 45.6 Å². The number of ether oxygens (including phenoxy) is 3. The van der Waals surface area contributed by atoms with Crippen molar-refractivity contribution in [1.29, 1.82) is 0 Å². The minimum atomic E-state index is -0.956. The van der Waals surface area contributed by atoms with Crippen molar-refractivity contribution in [3.05, 3.63) is 46.8 Å². The molecule has 0 unspecified atom stereocenters. The van der Waals surface area contributed by atoms with Crippen LogP contribution in [0.25, 0.3) is 11.0 Å². The predicted molar refractivity (Wildman–Crippen MR) is 85.2 cm³/mol. The van der Waals surface area contributed by atoms with E-state index in [9.17, 15) is 14.4 Å². The molecule has 0 aliphatic heterocycles.